The number of rotatable bonds is 3. The number of fused-ring (bicyclic) bond motifs is 2. The molecular formula is C26H21N3O2. The van der Waals surface area contributed by atoms with Crippen LogP contribution in [0.1, 0.15) is 17.3 Å². The molecule has 0 aliphatic carbocycles. The quantitative estimate of drug-likeness (QED) is 0.365. The zero-order chi connectivity index (χ0) is 21.8. The molecule has 0 amide bonds. The Hall–Kier alpha value is -4.25. The fourth-order valence-corrected chi connectivity index (χ4v) is 3.40. The molecule has 0 unspecified atom stereocenters. The van der Waals surface area contributed by atoms with Crippen molar-refractivity contribution in [2.75, 3.05) is 0 Å². The van der Waals surface area contributed by atoms with Gasteiger partial charge in [-0.05, 0) is 42.6 Å². The number of carbonyl (C=O) groups is 1. The molecule has 0 aliphatic heterocycles. The third kappa shape index (κ3) is 3.94. The number of allylic oxidation sites excluding steroid dienone is 1. The predicted octanol–water partition coefficient (Wildman–Crippen LogP) is 6.13. The number of aromatic nitrogens is 3. The zero-order valence-electron chi connectivity index (χ0n) is 17.1. The number of nitrogens with zero attached hydrogens (tertiary/aromatic N) is 3. The second kappa shape index (κ2) is 8.63. The molecule has 0 radical (unpaired) electrons. The van der Waals surface area contributed by atoms with Crippen LogP contribution in [0, 0.1) is 0 Å². The summed E-state index contributed by atoms with van der Waals surface area (Å²) in [6, 6.07) is 24.8. The lowest BCUT2D eigenvalue weighted by Gasteiger charge is -2.12. The topological polar surface area (TPSA) is 68.0 Å². The lowest BCUT2D eigenvalue weighted by atomic mass is 10.1. The summed E-state index contributed by atoms with van der Waals surface area (Å²) in [5.41, 5.74) is 4.11. The Bertz CT molecular complexity index is 1390. The molecule has 0 spiro atoms. The van der Waals surface area contributed by atoms with Crippen molar-refractivity contribution in [1.29, 1.82) is 0 Å². The molecule has 1 N–H and O–H groups in total. The van der Waals surface area contributed by atoms with Crippen molar-refractivity contribution in [2.45, 2.75) is 6.92 Å². The molecule has 0 fully saturated rings. The van der Waals surface area contributed by atoms with E-state index in [4.69, 9.17) is 9.97 Å². The van der Waals surface area contributed by atoms with Crippen molar-refractivity contribution in [2.24, 2.45) is 0 Å². The minimum atomic E-state index is -0.983. The van der Waals surface area contributed by atoms with Gasteiger partial charge in [0.2, 0.25) is 0 Å². The summed E-state index contributed by atoms with van der Waals surface area (Å²) >= 11 is 0. The number of carboxylic acids is 1. The molecule has 0 saturated heterocycles. The van der Waals surface area contributed by atoms with Crippen molar-refractivity contribution in [3.63, 3.8) is 0 Å². The summed E-state index contributed by atoms with van der Waals surface area (Å²) in [6.45, 7) is 5.25. The van der Waals surface area contributed by atoms with Crippen LogP contribution < -0.4 is 0 Å². The van der Waals surface area contributed by atoms with Gasteiger partial charge in [-0.1, -0.05) is 54.6 Å². The van der Waals surface area contributed by atoms with Crippen LogP contribution in [0.5, 0.6) is 0 Å². The monoisotopic (exact) mass is 407 g/mol. The van der Waals surface area contributed by atoms with Gasteiger partial charge in [0.25, 0.3) is 0 Å². The first kappa shape index (κ1) is 20.0. The van der Waals surface area contributed by atoms with E-state index in [1.165, 1.54) is 0 Å². The highest BCUT2D eigenvalue weighted by molar-refractivity contribution is 5.93. The number of para-hydroxylation sites is 1. The number of benzene rings is 3. The van der Waals surface area contributed by atoms with Gasteiger partial charge in [-0.15, -0.1) is 6.58 Å². The second-order valence-electron chi connectivity index (χ2n) is 6.92. The van der Waals surface area contributed by atoms with Gasteiger partial charge in [0.05, 0.1) is 22.1 Å². The number of aromatic carboxylic acids is 1. The third-order valence-corrected chi connectivity index (χ3v) is 4.77. The number of hydrogen-bond acceptors (Lipinski definition) is 3. The first-order valence-electron chi connectivity index (χ1n) is 9.86. The van der Waals surface area contributed by atoms with Gasteiger partial charge in [-0.2, -0.15) is 0 Å². The summed E-state index contributed by atoms with van der Waals surface area (Å²) in [7, 11) is 0. The Balaban J connectivity index is 0.000000730. The lowest BCUT2D eigenvalue weighted by molar-refractivity contribution is 0.0697. The highest BCUT2D eigenvalue weighted by Gasteiger charge is 2.15. The van der Waals surface area contributed by atoms with E-state index in [1.54, 1.807) is 24.3 Å². The molecule has 152 valence electrons. The molecule has 5 rings (SSSR count). The Morgan fingerprint density at radius 1 is 0.935 bits per heavy atom. The van der Waals surface area contributed by atoms with Crippen molar-refractivity contribution < 1.29 is 9.90 Å². The van der Waals surface area contributed by atoms with Crippen LogP contribution in [-0.2, 0) is 0 Å². The normalized spacial score (nSPS) is 10.5. The van der Waals surface area contributed by atoms with Crippen LogP contribution in [0.2, 0.25) is 0 Å². The number of carboxylic acid groups (broad SMARTS) is 1. The zero-order valence-corrected chi connectivity index (χ0v) is 17.1. The van der Waals surface area contributed by atoms with Gasteiger partial charge in [0.1, 0.15) is 5.69 Å². The summed E-state index contributed by atoms with van der Waals surface area (Å²) < 4.78 is 2.00. The van der Waals surface area contributed by atoms with Crippen molar-refractivity contribution >= 4 is 27.9 Å². The van der Waals surface area contributed by atoms with E-state index in [0.29, 0.717) is 16.9 Å². The molecule has 5 heteroatoms. The van der Waals surface area contributed by atoms with Crippen LogP contribution in [-0.4, -0.2) is 25.6 Å². The molecule has 0 saturated carbocycles. The van der Waals surface area contributed by atoms with Gasteiger partial charge in [-0.25, -0.2) is 14.8 Å². The van der Waals surface area contributed by atoms with E-state index in [0.717, 1.165) is 22.2 Å². The molecule has 0 atom stereocenters. The average molecular weight is 407 g/mol. The van der Waals surface area contributed by atoms with Crippen LogP contribution in [0.25, 0.3) is 39.0 Å². The Morgan fingerprint density at radius 2 is 1.65 bits per heavy atom. The summed E-state index contributed by atoms with van der Waals surface area (Å²) in [6.07, 6.45) is 3.72. The van der Waals surface area contributed by atoms with Gasteiger partial charge in [-0.3, -0.25) is 4.57 Å². The van der Waals surface area contributed by atoms with E-state index in [-0.39, 0.29) is 5.56 Å². The fourth-order valence-electron chi connectivity index (χ4n) is 3.40. The van der Waals surface area contributed by atoms with E-state index in [1.807, 2.05) is 78.4 Å². The maximum Gasteiger partial charge on any atom is 0.335 e. The van der Waals surface area contributed by atoms with Crippen LogP contribution >= 0.6 is 0 Å². The van der Waals surface area contributed by atoms with E-state index in [2.05, 4.69) is 6.58 Å². The minimum Gasteiger partial charge on any atom is -0.478 e. The molecule has 0 bridgehead atoms. The molecule has 2 aromatic heterocycles. The molecule has 2 heterocycles. The Labute approximate surface area is 179 Å². The lowest BCUT2D eigenvalue weighted by Crippen LogP contribution is -2.04. The van der Waals surface area contributed by atoms with Crippen molar-refractivity contribution in [3.8, 4) is 17.1 Å². The highest BCUT2D eigenvalue weighted by atomic mass is 16.4. The fraction of sp³-hybridized carbons (Fsp3) is 0.0385. The maximum atomic E-state index is 11.4. The molecule has 3 aromatic carbocycles. The standard InChI is InChI=1S/C23H15N3O2.C3H6/c27-23(28)17-10-11-18-19(14-17)25-22(21(24-18)16-7-2-1-3-8-16)26-13-12-15-6-4-5-9-20(15)26;1-3-2/h1-14H,(H,27,28);3H,1H2,2H3. The smallest absolute Gasteiger partial charge is 0.335 e. The largest absolute Gasteiger partial charge is 0.478 e. The van der Waals surface area contributed by atoms with Gasteiger partial charge in [0.15, 0.2) is 5.82 Å². The van der Waals surface area contributed by atoms with Crippen LogP contribution in [0.15, 0.2) is 97.7 Å². The third-order valence-electron chi connectivity index (χ3n) is 4.77. The predicted molar refractivity (Wildman–Crippen MR) is 125 cm³/mol. The Morgan fingerprint density at radius 3 is 2.39 bits per heavy atom. The SMILES string of the molecule is C=CC.O=C(O)c1ccc2nc(-c3ccccc3)c(-n3ccc4ccccc43)nc2c1. The van der Waals surface area contributed by atoms with E-state index >= 15 is 0 Å². The molecule has 5 aromatic rings. The van der Waals surface area contributed by atoms with Crippen molar-refractivity contribution in [1.82, 2.24) is 14.5 Å². The van der Waals surface area contributed by atoms with E-state index < -0.39 is 5.97 Å². The molecule has 5 nitrogen and oxygen atoms in total. The summed E-state index contributed by atoms with van der Waals surface area (Å²) in [5, 5.41) is 10.4. The summed E-state index contributed by atoms with van der Waals surface area (Å²) in [4.78, 5) is 21.0. The maximum absolute atomic E-state index is 11.4. The van der Waals surface area contributed by atoms with Gasteiger partial charge < -0.3 is 5.11 Å². The Kier molecular flexibility index (Phi) is 5.58. The summed E-state index contributed by atoms with van der Waals surface area (Å²) in [5.74, 6) is -0.314. The van der Waals surface area contributed by atoms with E-state index in [9.17, 15) is 9.90 Å². The van der Waals surface area contributed by atoms with Crippen molar-refractivity contribution in [3.05, 3.63) is 103 Å². The number of hydrogen-bond donors (Lipinski definition) is 1. The van der Waals surface area contributed by atoms with Crippen LogP contribution in [0.4, 0.5) is 0 Å². The molecule has 31 heavy (non-hydrogen) atoms. The first-order valence-corrected chi connectivity index (χ1v) is 9.86. The molecule has 0 aliphatic rings. The highest BCUT2D eigenvalue weighted by Crippen LogP contribution is 2.29. The molecular weight excluding hydrogens is 386 g/mol. The van der Waals surface area contributed by atoms with Gasteiger partial charge >= 0.3 is 5.97 Å². The van der Waals surface area contributed by atoms with Gasteiger partial charge in [0, 0.05) is 11.8 Å². The van der Waals surface area contributed by atoms with Crippen LogP contribution in [0.3, 0.4) is 0 Å². The minimum absolute atomic E-state index is 0.192. The average Bonchev–Trinajstić information content (AvgIpc) is 3.23. The second-order valence-corrected chi connectivity index (χ2v) is 6.92. The first-order chi connectivity index (χ1) is 15.1.